The SMILES string of the molecule is CC.CCCNC(=O)c1ccc2c(c1)CCCN2. The van der Waals surface area contributed by atoms with Crippen LogP contribution in [-0.2, 0) is 6.42 Å². The number of anilines is 1. The molecule has 18 heavy (non-hydrogen) atoms. The molecule has 1 aliphatic rings. The zero-order valence-electron chi connectivity index (χ0n) is 11.7. The Morgan fingerprint density at radius 3 is 2.89 bits per heavy atom. The maximum absolute atomic E-state index is 11.8. The molecular weight excluding hydrogens is 224 g/mol. The number of hydrogen-bond donors (Lipinski definition) is 2. The van der Waals surface area contributed by atoms with E-state index in [4.69, 9.17) is 0 Å². The third-order valence-corrected chi connectivity index (χ3v) is 2.84. The van der Waals surface area contributed by atoms with E-state index in [0.717, 1.165) is 37.9 Å². The molecule has 0 unspecified atom stereocenters. The van der Waals surface area contributed by atoms with Crippen molar-refractivity contribution in [1.29, 1.82) is 0 Å². The molecule has 2 rings (SSSR count). The van der Waals surface area contributed by atoms with Gasteiger partial charge in [-0.1, -0.05) is 20.8 Å². The predicted molar refractivity (Wildman–Crippen MR) is 77.2 cm³/mol. The Labute approximate surface area is 110 Å². The lowest BCUT2D eigenvalue weighted by Crippen LogP contribution is -2.24. The van der Waals surface area contributed by atoms with E-state index in [9.17, 15) is 4.79 Å². The number of benzene rings is 1. The molecule has 0 spiro atoms. The van der Waals surface area contributed by atoms with E-state index < -0.39 is 0 Å². The number of fused-ring (bicyclic) bond motifs is 1. The van der Waals surface area contributed by atoms with E-state index in [1.54, 1.807) is 0 Å². The zero-order valence-corrected chi connectivity index (χ0v) is 11.7. The van der Waals surface area contributed by atoms with Gasteiger partial charge in [-0.15, -0.1) is 0 Å². The highest BCUT2D eigenvalue weighted by Gasteiger charge is 2.11. The highest BCUT2D eigenvalue weighted by Crippen LogP contribution is 2.22. The minimum absolute atomic E-state index is 0.0372. The Bertz CT molecular complexity index is 388. The molecule has 100 valence electrons. The first kappa shape index (κ1) is 14.6. The molecule has 3 heteroatoms. The number of nitrogens with one attached hydrogen (secondary N) is 2. The third-order valence-electron chi connectivity index (χ3n) is 2.84. The van der Waals surface area contributed by atoms with Crippen LogP contribution in [0.1, 0.15) is 49.5 Å². The molecule has 0 saturated heterocycles. The van der Waals surface area contributed by atoms with Crippen LogP contribution < -0.4 is 10.6 Å². The Kier molecular flexibility index (Phi) is 6.26. The minimum atomic E-state index is 0.0372. The van der Waals surface area contributed by atoms with Crippen LogP contribution in [0.3, 0.4) is 0 Å². The van der Waals surface area contributed by atoms with Crippen LogP contribution in [0.2, 0.25) is 0 Å². The van der Waals surface area contributed by atoms with Crippen molar-refractivity contribution >= 4 is 11.6 Å². The van der Waals surface area contributed by atoms with Crippen LogP contribution >= 0.6 is 0 Å². The fraction of sp³-hybridized carbons (Fsp3) is 0.533. The van der Waals surface area contributed by atoms with Crippen molar-refractivity contribution in [1.82, 2.24) is 5.32 Å². The van der Waals surface area contributed by atoms with Crippen molar-refractivity contribution in [3.63, 3.8) is 0 Å². The smallest absolute Gasteiger partial charge is 0.251 e. The monoisotopic (exact) mass is 248 g/mol. The van der Waals surface area contributed by atoms with Gasteiger partial charge in [-0.25, -0.2) is 0 Å². The third kappa shape index (κ3) is 3.76. The molecule has 0 aliphatic carbocycles. The molecule has 0 atom stereocenters. The Morgan fingerprint density at radius 1 is 1.39 bits per heavy atom. The van der Waals surface area contributed by atoms with E-state index >= 15 is 0 Å². The molecule has 0 radical (unpaired) electrons. The van der Waals surface area contributed by atoms with Gasteiger partial charge >= 0.3 is 0 Å². The number of aryl methyl sites for hydroxylation is 1. The molecule has 0 fully saturated rings. The van der Waals surface area contributed by atoms with Gasteiger partial charge in [0.05, 0.1) is 0 Å². The maximum atomic E-state index is 11.8. The molecule has 0 saturated carbocycles. The molecule has 0 bridgehead atoms. The molecule has 1 aromatic carbocycles. The van der Waals surface area contributed by atoms with Gasteiger partial charge in [0.2, 0.25) is 0 Å². The summed E-state index contributed by atoms with van der Waals surface area (Å²) in [6.45, 7) is 7.83. The molecule has 1 heterocycles. The largest absolute Gasteiger partial charge is 0.385 e. The number of amides is 1. The molecule has 1 aromatic rings. The lowest BCUT2D eigenvalue weighted by atomic mass is 10.0. The normalized spacial score (nSPS) is 12.6. The van der Waals surface area contributed by atoms with Gasteiger partial charge in [0.1, 0.15) is 0 Å². The second kappa shape index (κ2) is 7.75. The van der Waals surface area contributed by atoms with Crippen LogP contribution in [0.15, 0.2) is 18.2 Å². The standard InChI is InChI=1S/C13H18N2O.C2H6/c1-2-7-15-13(16)11-5-6-12-10(9-11)4-3-8-14-12;1-2/h5-6,9,14H,2-4,7-8H2,1H3,(H,15,16);1-2H3. The molecule has 1 aliphatic heterocycles. The summed E-state index contributed by atoms with van der Waals surface area (Å²) in [7, 11) is 0. The number of rotatable bonds is 3. The second-order valence-electron chi connectivity index (χ2n) is 4.16. The summed E-state index contributed by atoms with van der Waals surface area (Å²) in [6, 6.07) is 5.91. The molecule has 2 N–H and O–H groups in total. The Morgan fingerprint density at radius 2 is 2.17 bits per heavy atom. The van der Waals surface area contributed by atoms with Crippen LogP contribution in [0.25, 0.3) is 0 Å². The van der Waals surface area contributed by atoms with Gasteiger partial charge in [0.15, 0.2) is 0 Å². The topological polar surface area (TPSA) is 41.1 Å². The summed E-state index contributed by atoms with van der Waals surface area (Å²) < 4.78 is 0. The predicted octanol–water partition coefficient (Wildman–Crippen LogP) is 3.21. The number of carbonyl (C=O) groups excluding carboxylic acids is 1. The van der Waals surface area contributed by atoms with Gasteiger partial charge in [0.25, 0.3) is 5.91 Å². The van der Waals surface area contributed by atoms with Gasteiger partial charge in [-0.05, 0) is 43.0 Å². The quantitative estimate of drug-likeness (QED) is 0.862. The average molecular weight is 248 g/mol. The van der Waals surface area contributed by atoms with E-state index in [1.807, 2.05) is 32.0 Å². The first-order valence-electron chi connectivity index (χ1n) is 6.96. The highest BCUT2D eigenvalue weighted by atomic mass is 16.1. The fourth-order valence-electron chi connectivity index (χ4n) is 1.96. The minimum Gasteiger partial charge on any atom is -0.385 e. The highest BCUT2D eigenvalue weighted by molar-refractivity contribution is 5.94. The molecular formula is C15H24N2O. The Hall–Kier alpha value is -1.51. The van der Waals surface area contributed by atoms with Crippen LogP contribution in [-0.4, -0.2) is 19.0 Å². The van der Waals surface area contributed by atoms with Crippen LogP contribution in [0, 0.1) is 0 Å². The molecule has 0 aromatic heterocycles. The maximum Gasteiger partial charge on any atom is 0.251 e. The summed E-state index contributed by atoms with van der Waals surface area (Å²) in [6.07, 6.45) is 3.18. The van der Waals surface area contributed by atoms with E-state index in [1.165, 1.54) is 11.3 Å². The van der Waals surface area contributed by atoms with Gasteiger partial charge in [-0.2, -0.15) is 0 Å². The molecule has 3 nitrogen and oxygen atoms in total. The summed E-state index contributed by atoms with van der Waals surface area (Å²) >= 11 is 0. The number of carbonyl (C=O) groups is 1. The van der Waals surface area contributed by atoms with Crippen molar-refractivity contribution in [2.24, 2.45) is 0 Å². The lowest BCUT2D eigenvalue weighted by molar-refractivity contribution is 0.0953. The van der Waals surface area contributed by atoms with Crippen LogP contribution in [0.4, 0.5) is 5.69 Å². The van der Waals surface area contributed by atoms with E-state index in [2.05, 4.69) is 17.6 Å². The summed E-state index contributed by atoms with van der Waals surface area (Å²) in [5.74, 6) is 0.0372. The van der Waals surface area contributed by atoms with Crippen molar-refractivity contribution in [3.8, 4) is 0 Å². The number of hydrogen-bond acceptors (Lipinski definition) is 2. The second-order valence-corrected chi connectivity index (χ2v) is 4.16. The summed E-state index contributed by atoms with van der Waals surface area (Å²) in [4.78, 5) is 11.8. The van der Waals surface area contributed by atoms with Crippen molar-refractivity contribution in [2.75, 3.05) is 18.4 Å². The first-order chi connectivity index (χ1) is 8.81. The van der Waals surface area contributed by atoms with Gasteiger partial charge < -0.3 is 10.6 Å². The Balaban J connectivity index is 0.000000771. The summed E-state index contributed by atoms with van der Waals surface area (Å²) in [5.41, 5.74) is 3.21. The zero-order chi connectivity index (χ0) is 13.4. The first-order valence-corrected chi connectivity index (χ1v) is 6.96. The molecule has 1 amide bonds. The fourth-order valence-corrected chi connectivity index (χ4v) is 1.96. The van der Waals surface area contributed by atoms with Crippen LogP contribution in [0.5, 0.6) is 0 Å². The van der Waals surface area contributed by atoms with Crippen molar-refractivity contribution < 1.29 is 4.79 Å². The van der Waals surface area contributed by atoms with E-state index in [0.29, 0.717) is 0 Å². The average Bonchev–Trinajstić information content (AvgIpc) is 2.46. The summed E-state index contributed by atoms with van der Waals surface area (Å²) in [5, 5.41) is 6.24. The van der Waals surface area contributed by atoms with Gasteiger partial charge in [0, 0.05) is 24.3 Å². The lowest BCUT2D eigenvalue weighted by Gasteiger charge is -2.18. The van der Waals surface area contributed by atoms with E-state index in [-0.39, 0.29) is 5.91 Å². The van der Waals surface area contributed by atoms with Crippen molar-refractivity contribution in [2.45, 2.75) is 40.0 Å². The van der Waals surface area contributed by atoms with Gasteiger partial charge in [-0.3, -0.25) is 4.79 Å². The van der Waals surface area contributed by atoms with Crippen molar-refractivity contribution in [3.05, 3.63) is 29.3 Å².